The Labute approximate surface area is 165 Å². The molecular formula is C18H38IN3O2. The van der Waals surface area contributed by atoms with Crippen LogP contribution in [0.4, 0.5) is 0 Å². The third kappa shape index (κ3) is 13.2. The standard InChI is InChI=1S/C18H37N3O2.HI/c1-18(2,3)9-5-6-10-20-17(19-4)21-11-7-12-22-14-16-8-13-23-15-16;/h16H,5-15H2,1-4H3,(H2,19,20,21);1H. The van der Waals surface area contributed by atoms with E-state index in [9.17, 15) is 0 Å². The average molecular weight is 455 g/mol. The zero-order chi connectivity index (χ0) is 17.0. The normalized spacial score (nSPS) is 18.3. The van der Waals surface area contributed by atoms with Crippen LogP contribution in [0.15, 0.2) is 4.99 Å². The summed E-state index contributed by atoms with van der Waals surface area (Å²) in [6, 6.07) is 0. The zero-order valence-electron chi connectivity index (χ0n) is 16.0. The second kappa shape index (κ2) is 14.1. The van der Waals surface area contributed by atoms with E-state index in [0.29, 0.717) is 11.3 Å². The van der Waals surface area contributed by atoms with Crippen LogP contribution in [-0.2, 0) is 9.47 Å². The summed E-state index contributed by atoms with van der Waals surface area (Å²) in [6.45, 7) is 12.1. The Morgan fingerprint density at radius 2 is 1.88 bits per heavy atom. The van der Waals surface area contributed by atoms with Gasteiger partial charge in [0.2, 0.25) is 0 Å². The predicted molar refractivity (Wildman–Crippen MR) is 112 cm³/mol. The Morgan fingerprint density at radius 1 is 1.17 bits per heavy atom. The molecule has 5 nitrogen and oxygen atoms in total. The average Bonchev–Trinajstić information content (AvgIpc) is 3.00. The van der Waals surface area contributed by atoms with Crippen molar-refractivity contribution in [2.45, 2.75) is 52.9 Å². The molecule has 0 saturated carbocycles. The third-order valence-corrected chi connectivity index (χ3v) is 4.01. The molecule has 2 N–H and O–H groups in total. The summed E-state index contributed by atoms with van der Waals surface area (Å²) in [5, 5.41) is 6.71. The Morgan fingerprint density at radius 3 is 2.46 bits per heavy atom. The smallest absolute Gasteiger partial charge is 0.190 e. The minimum atomic E-state index is 0. The summed E-state index contributed by atoms with van der Waals surface area (Å²) >= 11 is 0. The number of aliphatic imine (C=N–C) groups is 1. The number of halogens is 1. The number of nitrogens with one attached hydrogen (secondary N) is 2. The van der Waals surface area contributed by atoms with Crippen LogP contribution in [0.5, 0.6) is 0 Å². The third-order valence-electron chi connectivity index (χ3n) is 4.01. The second-order valence-electron chi connectivity index (χ2n) is 7.60. The maximum Gasteiger partial charge on any atom is 0.190 e. The first kappa shape index (κ1) is 23.9. The molecule has 0 bridgehead atoms. The highest BCUT2D eigenvalue weighted by atomic mass is 127. The molecule has 1 atom stereocenters. The van der Waals surface area contributed by atoms with Gasteiger partial charge in [-0.25, -0.2) is 0 Å². The van der Waals surface area contributed by atoms with Crippen LogP contribution in [0.25, 0.3) is 0 Å². The molecule has 0 aliphatic carbocycles. The van der Waals surface area contributed by atoms with Crippen LogP contribution in [0.1, 0.15) is 52.9 Å². The van der Waals surface area contributed by atoms with Crippen molar-refractivity contribution in [3.63, 3.8) is 0 Å². The molecule has 24 heavy (non-hydrogen) atoms. The van der Waals surface area contributed by atoms with Gasteiger partial charge in [0.25, 0.3) is 0 Å². The molecule has 0 amide bonds. The summed E-state index contributed by atoms with van der Waals surface area (Å²) < 4.78 is 11.0. The molecule has 1 fully saturated rings. The summed E-state index contributed by atoms with van der Waals surface area (Å²) in [6.07, 6.45) is 5.85. The highest BCUT2D eigenvalue weighted by Gasteiger charge is 2.15. The molecule has 144 valence electrons. The van der Waals surface area contributed by atoms with E-state index in [0.717, 1.165) is 58.3 Å². The van der Waals surface area contributed by atoms with E-state index in [4.69, 9.17) is 9.47 Å². The van der Waals surface area contributed by atoms with E-state index in [1.807, 2.05) is 7.05 Å². The predicted octanol–water partition coefficient (Wildman–Crippen LogP) is 3.43. The lowest BCUT2D eigenvalue weighted by Gasteiger charge is -2.18. The topological polar surface area (TPSA) is 54.9 Å². The van der Waals surface area contributed by atoms with Crippen LogP contribution in [0, 0.1) is 11.3 Å². The van der Waals surface area contributed by atoms with Crippen LogP contribution in [0.3, 0.4) is 0 Å². The Bertz CT molecular complexity index is 327. The molecule has 6 heteroatoms. The molecular weight excluding hydrogens is 417 g/mol. The lowest BCUT2D eigenvalue weighted by Crippen LogP contribution is -2.38. The van der Waals surface area contributed by atoms with E-state index < -0.39 is 0 Å². The summed E-state index contributed by atoms with van der Waals surface area (Å²) in [5.74, 6) is 1.50. The molecule has 1 saturated heterocycles. The fourth-order valence-corrected chi connectivity index (χ4v) is 2.55. The van der Waals surface area contributed by atoms with E-state index >= 15 is 0 Å². The number of ether oxygens (including phenoxy) is 2. The zero-order valence-corrected chi connectivity index (χ0v) is 18.4. The SMILES string of the molecule is CN=C(NCCCCC(C)(C)C)NCCCOCC1CCOC1.I. The van der Waals surface area contributed by atoms with Gasteiger partial charge in [0.1, 0.15) is 0 Å². The summed E-state index contributed by atoms with van der Waals surface area (Å²) in [7, 11) is 1.82. The van der Waals surface area contributed by atoms with Crippen LogP contribution < -0.4 is 10.6 Å². The Balaban J connectivity index is 0.00000529. The second-order valence-corrected chi connectivity index (χ2v) is 7.60. The van der Waals surface area contributed by atoms with Gasteiger partial charge in [-0.1, -0.05) is 27.2 Å². The van der Waals surface area contributed by atoms with Crippen molar-refractivity contribution in [1.82, 2.24) is 10.6 Å². The monoisotopic (exact) mass is 455 g/mol. The fourth-order valence-electron chi connectivity index (χ4n) is 2.55. The number of guanidine groups is 1. The quantitative estimate of drug-likeness (QED) is 0.229. The first-order chi connectivity index (χ1) is 11.0. The lowest BCUT2D eigenvalue weighted by molar-refractivity contribution is 0.0888. The minimum Gasteiger partial charge on any atom is -0.381 e. The number of unbranched alkanes of at least 4 members (excludes halogenated alkanes) is 1. The molecule has 0 aromatic carbocycles. The van der Waals surface area contributed by atoms with Crippen molar-refractivity contribution in [2.24, 2.45) is 16.3 Å². The molecule has 1 rings (SSSR count). The summed E-state index contributed by atoms with van der Waals surface area (Å²) in [4.78, 5) is 4.25. The van der Waals surface area contributed by atoms with Crippen LogP contribution in [-0.4, -0.2) is 52.5 Å². The van der Waals surface area contributed by atoms with E-state index in [2.05, 4.69) is 36.4 Å². The molecule has 0 aromatic heterocycles. The first-order valence-corrected chi connectivity index (χ1v) is 9.11. The molecule has 1 aliphatic rings. The van der Waals surface area contributed by atoms with Crippen LogP contribution in [0.2, 0.25) is 0 Å². The molecule has 0 radical (unpaired) electrons. The van der Waals surface area contributed by atoms with Gasteiger partial charge in [0.05, 0.1) is 13.2 Å². The molecule has 0 aromatic rings. The number of rotatable bonds is 10. The van der Waals surface area contributed by atoms with E-state index in [-0.39, 0.29) is 24.0 Å². The molecule has 1 heterocycles. The van der Waals surface area contributed by atoms with Gasteiger partial charge in [-0.3, -0.25) is 4.99 Å². The van der Waals surface area contributed by atoms with Crippen molar-refractivity contribution in [2.75, 3.05) is 46.6 Å². The van der Waals surface area contributed by atoms with Crippen molar-refractivity contribution in [1.29, 1.82) is 0 Å². The molecule has 1 aliphatic heterocycles. The van der Waals surface area contributed by atoms with Gasteiger partial charge in [-0.15, -0.1) is 24.0 Å². The summed E-state index contributed by atoms with van der Waals surface area (Å²) in [5.41, 5.74) is 0.435. The van der Waals surface area contributed by atoms with Crippen molar-refractivity contribution in [3.8, 4) is 0 Å². The highest BCUT2D eigenvalue weighted by Crippen LogP contribution is 2.21. The number of hydrogen-bond acceptors (Lipinski definition) is 3. The van der Waals surface area contributed by atoms with E-state index in [1.165, 1.54) is 19.3 Å². The highest BCUT2D eigenvalue weighted by molar-refractivity contribution is 14.0. The fraction of sp³-hybridized carbons (Fsp3) is 0.944. The number of nitrogens with zero attached hydrogens (tertiary/aromatic N) is 1. The lowest BCUT2D eigenvalue weighted by atomic mass is 9.90. The van der Waals surface area contributed by atoms with Gasteiger partial charge >= 0.3 is 0 Å². The maximum atomic E-state index is 5.70. The minimum absolute atomic E-state index is 0. The molecule has 1 unspecified atom stereocenters. The largest absolute Gasteiger partial charge is 0.381 e. The van der Waals surface area contributed by atoms with Gasteiger partial charge in [-0.2, -0.15) is 0 Å². The van der Waals surface area contributed by atoms with Crippen LogP contribution >= 0.6 is 24.0 Å². The first-order valence-electron chi connectivity index (χ1n) is 9.11. The molecule has 0 spiro atoms. The van der Waals surface area contributed by atoms with Crippen molar-refractivity contribution >= 4 is 29.9 Å². The van der Waals surface area contributed by atoms with Gasteiger partial charge in [-0.05, 0) is 31.1 Å². The van der Waals surface area contributed by atoms with Crippen molar-refractivity contribution in [3.05, 3.63) is 0 Å². The maximum absolute atomic E-state index is 5.70. The van der Waals surface area contributed by atoms with Gasteiger partial charge in [0, 0.05) is 39.3 Å². The van der Waals surface area contributed by atoms with Gasteiger partial charge in [0.15, 0.2) is 5.96 Å². The van der Waals surface area contributed by atoms with Crippen molar-refractivity contribution < 1.29 is 9.47 Å². The van der Waals surface area contributed by atoms with Gasteiger partial charge < -0.3 is 20.1 Å². The Kier molecular flexibility index (Phi) is 14.1. The van der Waals surface area contributed by atoms with E-state index in [1.54, 1.807) is 0 Å². The Hall–Kier alpha value is -0.0800. The number of hydrogen-bond donors (Lipinski definition) is 2.